The molecule has 5 rings (SSSR count). The normalized spacial score (nSPS) is 55.3. The van der Waals surface area contributed by atoms with Gasteiger partial charge < -0.3 is 15.3 Å². The van der Waals surface area contributed by atoms with E-state index in [1.54, 1.807) is 0 Å². The Hall–Kier alpha value is -0.870. The zero-order valence-electron chi connectivity index (χ0n) is 21.7. The number of fused-ring (bicyclic) bond motifs is 7. The molecule has 9 atom stereocenters. The number of allylic oxidation sites excluding steroid dienone is 2. The van der Waals surface area contributed by atoms with Gasteiger partial charge in [-0.15, -0.1) is 0 Å². The number of carboxylic acids is 1. The SMILES string of the molecule is CC1(C)CCC2(C(=O)O)CC=C3C(C)(CCC4C3(C)CCC3C(C)(O)C(O)CCC43C)C2C1. The minimum absolute atomic E-state index is 0.00503. The van der Waals surface area contributed by atoms with Crippen LogP contribution in [0, 0.1) is 44.8 Å². The number of aliphatic carboxylic acids is 1. The van der Waals surface area contributed by atoms with Crippen molar-refractivity contribution in [2.45, 2.75) is 117 Å². The van der Waals surface area contributed by atoms with Crippen LogP contribution in [0.4, 0.5) is 0 Å². The molecule has 5 aliphatic carbocycles. The van der Waals surface area contributed by atoms with E-state index in [-0.39, 0.29) is 33.5 Å². The van der Waals surface area contributed by atoms with Gasteiger partial charge in [-0.2, -0.15) is 0 Å². The average molecular weight is 459 g/mol. The van der Waals surface area contributed by atoms with E-state index < -0.39 is 23.1 Å². The third kappa shape index (κ3) is 2.92. The van der Waals surface area contributed by atoms with Gasteiger partial charge in [-0.1, -0.05) is 46.3 Å². The summed E-state index contributed by atoms with van der Waals surface area (Å²) >= 11 is 0. The maximum Gasteiger partial charge on any atom is 0.310 e. The molecule has 0 spiro atoms. The maximum absolute atomic E-state index is 12.8. The smallest absolute Gasteiger partial charge is 0.310 e. The van der Waals surface area contributed by atoms with E-state index in [2.05, 4.69) is 40.7 Å². The summed E-state index contributed by atoms with van der Waals surface area (Å²) < 4.78 is 0. The number of aliphatic hydroxyl groups is 2. The topological polar surface area (TPSA) is 77.8 Å². The summed E-state index contributed by atoms with van der Waals surface area (Å²) in [6.07, 6.45) is 10.9. The van der Waals surface area contributed by atoms with Gasteiger partial charge in [0.15, 0.2) is 0 Å². The molecule has 0 aromatic carbocycles. The van der Waals surface area contributed by atoms with Crippen LogP contribution >= 0.6 is 0 Å². The van der Waals surface area contributed by atoms with Crippen LogP contribution in [0.1, 0.15) is 106 Å². The van der Waals surface area contributed by atoms with E-state index in [0.29, 0.717) is 18.8 Å². The van der Waals surface area contributed by atoms with Crippen molar-refractivity contribution in [2.24, 2.45) is 44.8 Å². The second-order valence-electron chi connectivity index (χ2n) is 14.5. The van der Waals surface area contributed by atoms with Gasteiger partial charge in [0.1, 0.15) is 0 Å². The molecule has 0 radical (unpaired) electrons. The van der Waals surface area contributed by atoms with Crippen molar-refractivity contribution < 1.29 is 20.1 Å². The summed E-state index contributed by atoms with van der Waals surface area (Å²) in [6, 6.07) is 0. The molecule has 5 aliphatic rings. The number of hydrogen-bond donors (Lipinski definition) is 3. The van der Waals surface area contributed by atoms with Crippen molar-refractivity contribution in [3.05, 3.63) is 11.6 Å². The van der Waals surface area contributed by atoms with Crippen LogP contribution in [0.25, 0.3) is 0 Å². The molecule has 0 heterocycles. The van der Waals surface area contributed by atoms with E-state index in [9.17, 15) is 20.1 Å². The number of rotatable bonds is 1. The van der Waals surface area contributed by atoms with Gasteiger partial charge in [0.05, 0.1) is 17.1 Å². The van der Waals surface area contributed by atoms with Crippen LogP contribution < -0.4 is 0 Å². The molecular weight excluding hydrogens is 412 g/mol. The number of carbonyl (C=O) groups is 1. The summed E-state index contributed by atoms with van der Waals surface area (Å²) in [7, 11) is 0. The lowest BCUT2D eigenvalue weighted by molar-refractivity contribution is -0.221. The Morgan fingerprint density at radius 3 is 2.09 bits per heavy atom. The van der Waals surface area contributed by atoms with Crippen LogP contribution in [0.15, 0.2) is 11.6 Å². The highest BCUT2D eigenvalue weighted by atomic mass is 16.4. The molecule has 4 saturated carbocycles. The molecule has 0 aromatic heterocycles. The fourth-order valence-electron chi connectivity index (χ4n) is 10.5. The molecule has 9 unspecified atom stereocenters. The Kier molecular flexibility index (Phi) is 4.97. The lowest BCUT2D eigenvalue weighted by Gasteiger charge is -2.69. The van der Waals surface area contributed by atoms with Crippen molar-refractivity contribution >= 4 is 5.97 Å². The van der Waals surface area contributed by atoms with Gasteiger partial charge in [-0.05, 0) is 111 Å². The second kappa shape index (κ2) is 6.87. The van der Waals surface area contributed by atoms with E-state index in [0.717, 1.165) is 51.4 Å². The molecule has 4 heteroatoms. The largest absolute Gasteiger partial charge is 0.481 e. The van der Waals surface area contributed by atoms with Crippen LogP contribution in [-0.4, -0.2) is 33.0 Å². The van der Waals surface area contributed by atoms with Crippen LogP contribution in [0.5, 0.6) is 0 Å². The minimum Gasteiger partial charge on any atom is -0.481 e. The molecule has 186 valence electrons. The number of aliphatic hydroxyl groups excluding tert-OH is 1. The molecule has 0 saturated heterocycles. The van der Waals surface area contributed by atoms with E-state index >= 15 is 0 Å². The van der Waals surface area contributed by atoms with Crippen molar-refractivity contribution in [1.29, 1.82) is 0 Å². The van der Waals surface area contributed by atoms with Gasteiger partial charge in [-0.3, -0.25) is 4.79 Å². The highest BCUT2D eigenvalue weighted by molar-refractivity contribution is 5.76. The first-order valence-corrected chi connectivity index (χ1v) is 13.5. The van der Waals surface area contributed by atoms with E-state index in [1.165, 1.54) is 5.57 Å². The fraction of sp³-hybridized carbons (Fsp3) is 0.897. The second-order valence-corrected chi connectivity index (χ2v) is 14.5. The Balaban J connectivity index is 1.59. The molecule has 33 heavy (non-hydrogen) atoms. The quantitative estimate of drug-likeness (QED) is 0.424. The molecule has 4 nitrogen and oxygen atoms in total. The van der Waals surface area contributed by atoms with Crippen LogP contribution in [-0.2, 0) is 4.79 Å². The summed E-state index contributed by atoms with van der Waals surface area (Å²) in [5.41, 5.74) is 0.0667. The molecule has 3 N–H and O–H groups in total. The van der Waals surface area contributed by atoms with Gasteiger partial charge in [-0.25, -0.2) is 0 Å². The summed E-state index contributed by atoms with van der Waals surface area (Å²) in [5, 5.41) is 32.5. The molecule has 4 fully saturated rings. The highest BCUT2D eigenvalue weighted by Crippen LogP contribution is 2.74. The maximum atomic E-state index is 12.8. The van der Waals surface area contributed by atoms with Crippen LogP contribution in [0.2, 0.25) is 0 Å². The molecular formula is C29H46O4. The Morgan fingerprint density at radius 1 is 0.848 bits per heavy atom. The Labute approximate surface area is 200 Å². The molecule has 0 bridgehead atoms. The van der Waals surface area contributed by atoms with Gasteiger partial charge in [0.25, 0.3) is 0 Å². The predicted molar refractivity (Wildman–Crippen MR) is 130 cm³/mol. The monoisotopic (exact) mass is 458 g/mol. The summed E-state index contributed by atoms with van der Waals surface area (Å²) in [6.45, 7) is 13.8. The fourth-order valence-corrected chi connectivity index (χ4v) is 10.5. The lowest BCUT2D eigenvalue weighted by Crippen LogP contribution is -2.66. The zero-order valence-corrected chi connectivity index (χ0v) is 21.7. The van der Waals surface area contributed by atoms with Gasteiger partial charge in [0.2, 0.25) is 0 Å². The first-order chi connectivity index (χ1) is 15.1. The van der Waals surface area contributed by atoms with Gasteiger partial charge >= 0.3 is 5.97 Å². The minimum atomic E-state index is -1.03. The van der Waals surface area contributed by atoms with Crippen LogP contribution in [0.3, 0.4) is 0 Å². The van der Waals surface area contributed by atoms with Gasteiger partial charge in [0, 0.05) is 0 Å². The van der Waals surface area contributed by atoms with Crippen molar-refractivity contribution in [1.82, 2.24) is 0 Å². The average Bonchev–Trinajstić information content (AvgIpc) is 2.70. The van der Waals surface area contributed by atoms with Crippen molar-refractivity contribution in [3.63, 3.8) is 0 Å². The first kappa shape index (κ1) is 23.9. The van der Waals surface area contributed by atoms with Crippen molar-refractivity contribution in [3.8, 4) is 0 Å². The third-order valence-electron chi connectivity index (χ3n) is 12.4. The zero-order chi connectivity index (χ0) is 24.2. The Morgan fingerprint density at radius 2 is 1.45 bits per heavy atom. The Bertz CT molecular complexity index is 888. The standard InChI is InChI=1S/C29H46O4/c1-24(2)15-16-29(23(31)32)14-9-19-25(3)12-8-20-26(4,13-10-22(30)28(20,6)33)18(25)7-11-27(19,5)21(29)17-24/h9,18,20-22,30,33H,7-8,10-17H2,1-6H3,(H,31,32). The number of carboxylic acid groups (broad SMARTS) is 1. The third-order valence-corrected chi connectivity index (χ3v) is 12.4. The molecule has 0 aromatic rings. The lowest BCUT2D eigenvalue weighted by atomic mass is 9.35. The van der Waals surface area contributed by atoms with E-state index in [4.69, 9.17) is 0 Å². The summed E-state index contributed by atoms with van der Waals surface area (Å²) in [4.78, 5) is 12.8. The predicted octanol–water partition coefficient (Wildman–Crippen LogP) is 5.96. The van der Waals surface area contributed by atoms with E-state index in [1.807, 2.05) is 6.92 Å². The highest BCUT2D eigenvalue weighted by Gasteiger charge is 2.68. The molecule has 0 aliphatic heterocycles. The number of hydrogen-bond acceptors (Lipinski definition) is 3. The first-order valence-electron chi connectivity index (χ1n) is 13.5. The van der Waals surface area contributed by atoms with Crippen molar-refractivity contribution in [2.75, 3.05) is 0 Å². The summed E-state index contributed by atoms with van der Waals surface area (Å²) in [5.74, 6) is 0.189. The molecule has 0 amide bonds.